The Hall–Kier alpha value is -3.12. The molecule has 3 aromatic rings. The molecule has 4 rings (SSSR count). The SMILES string of the molecule is CN(Cc1ccc(N2CCOCC2)cc1)C(=O)CCc1ccc(-c2ccccc2F)o1. The maximum absolute atomic E-state index is 13.9. The van der Waals surface area contributed by atoms with Gasteiger partial charge < -0.3 is 19.0 Å². The fourth-order valence-corrected chi connectivity index (χ4v) is 3.73. The molecule has 1 aliphatic rings. The summed E-state index contributed by atoms with van der Waals surface area (Å²) in [7, 11) is 1.81. The Labute approximate surface area is 182 Å². The summed E-state index contributed by atoms with van der Waals surface area (Å²) in [6, 6.07) is 18.4. The summed E-state index contributed by atoms with van der Waals surface area (Å²) in [5.41, 5.74) is 2.70. The minimum atomic E-state index is -0.321. The zero-order chi connectivity index (χ0) is 21.6. The van der Waals surface area contributed by atoms with Gasteiger partial charge in [0.25, 0.3) is 0 Å². The summed E-state index contributed by atoms with van der Waals surface area (Å²) in [4.78, 5) is 16.6. The number of rotatable bonds is 7. The normalized spacial score (nSPS) is 13.9. The van der Waals surface area contributed by atoms with Gasteiger partial charge in [-0.25, -0.2) is 4.39 Å². The predicted octanol–water partition coefficient (Wildman–Crippen LogP) is 4.51. The Bertz CT molecular complexity index is 1010. The quantitative estimate of drug-likeness (QED) is 0.562. The van der Waals surface area contributed by atoms with Crippen LogP contribution in [0.4, 0.5) is 10.1 Å². The molecular weight excluding hydrogens is 395 g/mol. The minimum absolute atomic E-state index is 0.0427. The average Bonchev–Trinajstić information content (AvgIpc) is 3.27. The van der Waals surface area contributed by atoms with E-state index < -0.39 is 0 Å². The zero-order valence-electron chi connectivity index (χ0n) is 17.7. The Morgan fingerprint density at radius 1 is 1.03 bits per heavy atom. The van der Waals surface area contributed by atoms with Gasteiger partial charge in [0.15, 0.2) is 0 Å². The summed E-state index contributed by atoms with van der Waals surface area (Å²) < 4.78 is 25.1. The number of nitrogens with zero attached hydrogens (tertiary/aromatic N) is 2. The minimum Gasteiger partial charge on any atom is -0.461 e. The molecule has 1 aliphatic heterocycles. The van der Waals surface area contributed by atoms with Gasteiger partial charge in [-0.15, -0.1) is 0 Å². The molecule has 0 aliphatic carbocycles. The average molecular weight is 423 g/mol. The fraction of sp³-hybridized carbons (Fsp3) is 0.320. The summed E-state index contributed by atoms with van der Waals surface area (Å²) in [6.45, 7) is 3.89. The Morgan fingerprint density at radius 3 is 2.52 bits per heavy atom. The van der Waals surface area contributed by atoms with Gasteiger partial charge in [-0.2, -0.15) is 0 Å². The third kappa shape index (κ3) is 5.33. The van der Waals surface area contributed by atoms with Crippen molar-refractivity contribution in [2.45, 2.75) is 19.4 Å². The van der Waals surface area contributed by atoms with Crippen molar-refractivity contribution < 1.29 is 18.3 Å². The van der Waals surface area contributed by atoms with Crippen LogP contribution in [0.2, 0.25) is 0 Å². The van der Waals surface area contributed by atoms with E-state index in [1.54, 1.807) is 35.2 Å². The molecule has 0 atom stereocenters. The number of hydrogen-bond acceptors (Lipinski definition) is 4. The van der Waals surface area contributed by atoms with Crippen LogP contribution in [0.15, 0.2) is 65.1 Å². The molecule has 1 amide bonds. The van der Waals surface area contributed by atoms with Gasteiger partial charge in [-0.05, 0) is 42.0 Å². The maximum atomic E-state index is 13.9. The number of halogens is 1. The number of aryl methyl sites for hydroxylation is 1. The van der Waals surface area contributed by atoms with Crippen molar-refractivity contribution in [2.75, 3.05) is 38.3 Å². The second-order valence-electron chi connectivity index (χ2n) is 7.76. The second-order valence-corrected chi connectivity index (χ2v) is 7.76. The molecule has 0 N–H and O–H groups in total. The first kappa shape index (κ1) is 21.1. The van der Waals surface area contributed by atoms with Crippen molar-refractivity contribution in [3.63, 3.8) is 0 Å². The zero-order valence-corrected chi connectivity index (χ0v) is 17.7. The monoisotopic (exact) mass is 422 g/mol. The molecule has 0 radical (unpaired) electrons. The lowest BCUT2D eigenvalue weighted by molar-refractivity contribution is -0.130. The largest absolute Gasteiger partial charge is 0.461 e. The molecule has 0 unspecified atom stereocenters. The van der Waals surface area contributed by atoms with Crippen LogP contribution in [0.3, 0.4) is 0 Å². The number of carbonyl (C=O) groups excluding carboxylic acids is 1. The standard InChI is InChI=1S/C25H27FN2O3/c1-27(18-19-6-8-20(9-7-19)28-14-16-30-17-15-28)25(29)13-11-21-10-12-24(31-21)22-4-2-3-5-23(22)26/h2-10,12H,11,13-18H2,1H3. The smallest absolute Gasteiger partial charge is 0.223 e. The number of ether oxygens (including phenoxy) is 1. The van der Waals surface area contributed by atoms with Gasteiger partial charge in [-0.3, -0.25) is 4.79 Å². The highest BCUT2D eigenvalue weighted by Crippen LogP contribution is 2.25. The van der Waals surface area contributed by atoms with E-state index in [2.05, 4.69) is 29.2 Å². The first-order valence-electron chi connectivity index (χ1n) is 10.6. The van der Waals surface area contributed by atoms with Crippen LogP contribution in [0, 0.1) is 5.82 Å². The number of anilines is 1. The van der Waals surface area contributed by atoms with Gasteiger partial charge in [0.1, 0.15) is 17.3 Å². The highest BCUT2D eigenvalue weighted by molar-refractivity contribution is 5.76. The molecule has 2 aromatic carbocycles. The van der Waals surface area contributed by atoms with Crippen molar-refractivity contribution in [3.8, 4) is 11.3 Å². The van der Waals surface area contributed by atoms with E-state index in [-0.39, 0.29) is 11.7 Å². The van der Waals surface area contributed by atoms with E-state index >= 15 is 0 Å². The van der Waals surface area contributed by atoms with E-state index in [9.17, 15) is 9.18 Å². The van der Waals surface area contributed by atoms with Gasteiger partial charge in [0, 0.05) is 45.2 Å². The molecule has 6 heteroatoms. The van der Waals surface area contributed by atoms with Gasteiger partial charge in [0.2, 0.25) is 5.91 Å². The lowest BCUT2D eigenvalue weighted by Crippen LogP contribution is -2.36. The van der Waals surface area contributed by atoms with E-state index in [4.69, 9.17) is 9.15 Å². The van der Waals surface area contributed by atoms with Crippen LogP contribution in [-0.4, -0.2) is 44.2 Å². The summed E-state index contributed by atoms with van der Waals surface area (Å²) in [5, 5.41) is 0. The molecule has 1 saturated heterocycles. The highest BCUT2D eigenvalue weighted by Gasteiger charge is 2.14. The van der Waals surface area contributed by atoms with Gasteiger partial charge in [0.05, 0.1) is 18.8 Å². The molecule has 162 valence electrons. The molecule has 5 nitrogen and oxygen atoms in total. The highest BCUT2D eigenvalue weighted by atomic mass is 19.1. The molecule has 0 bridgehead atoms. The topological polar surface area (TPSA) is 45.9 Å². The molecule has 0 saturated carbocycles. The summed E-state index contributed by atoms with van der Waals surface area (Å²) in [6.07, 6.45) is 0.820. The van der Waals surface area contributed by atoms with E-state index in [1.165, 1.54) is 11.8 Å². The van der Waals surface area contributed by atoms with Crippen molar-refractivity contribution in [3.05, 3.63) is 77.8 Å². The van der Waals surface area contributed by atoms with Crippen LogP contribution in [0.25, 0.3) is 11.3 Å². The Balaban J connectivity index is 1.28. The summed E-state index contributed by atoms with van der Waals surface area (Å²) in [5.74, 6) is 0.879. The molecule has 1 fully saturated rings. The summed E-state index contributed by atoms with van der Waals surface area (Å²) >= 11 is 0. The lowest BCUT2D eigenvalue weighted by atomic mass is 10.1. The number of morpholine rings is 1. The van der Waals surface area contributed by atoms with Crippen molar-refractivity contribution >= 4 is 11.6 Å². The first-order chi connectivity index (χ1) is 15.1. The van der Waals surface area contributed by atoms with Crippen LogP contribution in [0.5, 0.6) is 0 Å². The second kappa shape index (κ2) is 9.79. The van der Waals surface area contributed by atoms with Crippen LogP contribution < -0.4 is 4.90 Å². The third-order valence-electron chi connectivity index (χ3n) is 5.54. The predicted molar refractivity (Wildman–Crippen MR) is 118 cm³/mol. The van der Waals surface area contributed by atoms with Gasteiger partial charge in [-0.1, -0.05) is 24.3 Å². The molecule has 2 heterocycles. The third-order valence-corrected chi connectivity index (χ3v) is 5.54. The van der Waals surface area contributed by atoms with E-state index in [1.807, 2.05) is 7.05 Å². The van der Waals surface area contributed by atoms with Crippen molar-refractivity contribution in [1.29, 1.82) is 0 Å². The number of carbonyl (C=O) groups is 1. The number of furan rings is 1. The lowest BCUT2D eigenvalue weighted by Gasteiger charge is -2.29. The number of hydrogen-bond donors (Lipinski definition) is 0. The number of amides is 1. The number of benzene rings is 2. The fourth-order valence-electron chi connectivity index (χ4n) is 3.73. The molecular formula is C25H27FN2O3. The van der Waals surface area contributed by atoms with Crippen LogP contribution in [0.1, 0.15) is 17.7 Å². The van der Waals surface area contributed by atoms with Crippen LogP contribution in [-0.2, 0) is 22.5 Å². The van der Waals surface area contributed by atoms with Gasteiger partial charge >= 0.3 is 0 Å². The molecule has 0 spiro atoms. The molecule has 1 aromatic heterocycles. The Morgan fingerprint density at radius 2 is 1.77 bits per heavy atom. The van der Waals surface area contributed by atoms with Crippen LogP contribution >= 0.6 is 0 Å². The first-order valence-corrected chi connectivity index (χ1v) is 10.6. The van der Waals surface area contributed by atoms with E-state index in [0.29, 0.717) is 36.5 Å². The van der Waals surface area contributed by atoms with Crippen molar-refractivity contribution in [1.82, 2.24) is 4.90 Å². The molecule has 31 heavy (non-hydrogen) atoms. The Kier molecular flexibility index (Phi) is 6.67. The van der Waals surface area contributed by atoms with Crippen molar-refractivity contribution in [2.24, 2.45) is 0 Å². The maximum Gasteiger partial charge on any atom is 0.223 e. The van der Waals surface area contributed by atoms with E-state index in [0.717, 1.165) is 31.9 Å².